The van der Waals surface area contributed by atoms with E-state index < -0.39 is 14.6 Å². The Kier molecular flexibility index (Phi) is 5.50. The maximum Gasteiger partial charge on any atom is 0.270 e. The van der Waals surface area contributed by atoms with Crippen molar-refractivity contribution in [3.05, 3.63) is 27.5 Å². The highest BCUT2D eigenvalue weighted by Crippen LogP contribution is 2.32. The summed E-state index contributed by atoms with van der Waals surface area (Å²) in [5, 5.41) is 4.97. The molecule has 0 atom stereocenters. The topological polar surface area (TPSA) is 76.1 Å². The monoisotopic (exact) mass is 392 g/mol. The molecule has 126 valence electrons. The maximum absolute atomic E-state index is 12.0. The molecule has 5 nitrogen and oxygen atoms in total. The second-order valence-corrected chi connectivity index (χ2v) is 11.3. The van der Waals surface area contributed by atoms with E-state index in [9.17, 15) is 13.2 Å². The minimum Gasteiger partial charge on any atom is -0.350 e. The summed E-state index contributed by atoms with van der Waals surface area (Å²) in [4.78, 5) is 17.2. The second-order valence-electron chi connectivity index (χ2n) is 5.83. The number of carbonyl (C=O) groups is 1. The number of sulfone groups is 1. The molecule has 0 spiro atoms. The predicted molar refractivity (Wildman–Crippen MR) is 96.3 cm³/mol. The van der Waals surface area contributed by atoms with Gasteiger partial charge in [-0.3, -0.25) is 4.79 Å². The largest absolute Gasteiger partial charge is 0.350 e. The summed E-state index contributed by atoms with van der Waals surface area (Å²) in [7, 11) is -3.26. The van der Waals surface area contributed by atoms with Gasteiger partial charge in [0.1, 0.15) is 10.7 Å². The molecule has 2 aromatic rings. The van der Waals surface area contributed by atoms with Gasteiger partial charge in [0.05, 0.1) is 19.7 Å². The van der Waals surface area contributed by atoms with Crippen LogP contribution in [0.4, 0.5) is 0 Å². The number of nitrogens with zero attached hydrogens (tertiary/aromatic N) is 1. The number of nitrogens with one attached hydrogen (secondary N) is 1. The summed E-state index contributed by atoms with van der Waals surface area (Å²) in [6.45, 7) is 4.99. The Morgan fingerprint density at radius 2 is 2.04 bits per heavy atom. The summed E-state index contributed by atoms with van der Waals surface area (Å²) in [5.74, 6) is -0.473. The fourth-order valence-corrected chi connectivity index (χ4v) is 4.51. The molecule has 0 fully saturated rings. The fraction of sp³-hybridized carbons (Fsp3) is 0.429. The van der Waals surface area contributed by atoms with Gasteiger partial charge in [-0.15, -0.1) is 22.7 Å². The summed E-state index contributed by atoms with van der Waals surface area (Å²) < 4.78 is 23.8. The van der Waals surface area contributed by atoms with E-state index in [4.69, 9.17) is 11.6 Å². The zero-order valence-electron chi connectivity index (χ0n) is 12.9. The van der Waals surface area contributed by atoms with Crippen molar-refractivity contribution in [2.75, 3.05) is 12.3 Å². The number of thiophene rings is 1. The van der Waals surface area contributed by atoms with Crippen molar-refractivity contribution in [1.29, 1.82) is 0 Å². The molecule has 0 aromatic carbocycles. The van der Waals surface area contributed by atoms with Crippen LogP contribution in [0.5, 0.6) is 0 Å². The Hall–Kier alpha value is -0.960. The van der Waals surface area contributed by atoms with E-state index in [1.165, 1.54) is 22.7 Å². The molecule has 2 heterocycles. The summed E-state index contributed by atoms with van der Waals surface area (Å²) >= 11 is 8.63. The highest BCUT2D eigenvalue weighted by Gasteiger charge is 2.28. The first-order valence-corrected chi connectivity index (χ1v) is 10.5. The molecule has 0 aliphatic carbocycles. The number of halogens is 1. The van der Waals surface area contributed by atoms with Crippen LogP contribution in [-0.2, 0) is 9.84 Å². The maximum atomic E-state index is 12.0. The van der Waals surface area contributed by atoms with E-state index in [-0.39, 0.29) is 23.9 Å². The predicted octanol–water partition coefficient (Wildman–Crippen LogP) is 3.47. The lowest BCUT2D eigenvalue weighted by Crippen LogP contribution is -2.36. The van der Waals surface area contributed by atoms with Gasteiger partial charge in [-0.2, -0.15) is 0 Å². The highest BCUT2D eigenvalue weighted by atomic mass is 35.5. The molecule has 0 unspecified atom stereocenters. The Labute approximate surface area is 148 Å². The first kappa shape index (κ1) is 18.4. The zero-order chi connectivity index (χ0) is 17.3. The Morgan fingerprint density at radius 1 is 1.35 bits per heavy atom. The van der Waals surface area contributed by atoms with Crippen molar-refractivity contribution >= 4 is 50.0 Å². The highest BCUT2D eigenvalue weighted by molar-refractivity contribution is 7.92. The third kappa shape index (κ3) is 4.53. The van der Waals surface area contributed by atoms with Crippen LogP contribution in [0.3, 0.4) is 0 Å². The zero-order valence-corrected chi connectivity index (χ0v) is 16.1. The van der Waals surface area contributed by atoms with Crippen LogP contribution in [0.15, 0.2) is 17.5 Å². The molecule has 9 heteroatoms. The molecule has 0 aliphatic rings. The first-order valence-electron chi connectivity index (χ1n) is 6.82. The molecule has 2 aromatic heterocycles. The van der Waals surface area contributed by atoms with Gasteiger partial charge in [-0.05, 0) is 32.9 Å². The van der Waals surface area contributed by atoms with E-state index in [1.54, 1.807) is 32.2 Å². The Morgan fingerprint density at radius 3 is 2.61 bits per heavy atom. The number of carbonyl (C=O) groups excluding carboxylic acids is 1. The van der Waals surface area contributed by atoms with E-state index >= 15 is 0 Å². The minimum absolute atomic E-state index is 0.0656. The van der Waals surface area contributed by atoms with Crippen LogP contribution in [0, 0.1) is 0 Å². The normalized spacial score (nSPS) is 12.3. The lowest BCUT2D eigenvalue weighted by atomic mass is 10.3. The molecule has 0 radical (unpaired) electrons. The van der Waals surface area contributed by atoms with Gasteiger partial charge in [0.25, 0.3) is 5.91 Å². The van der Waals surface area contributed by atoms with E-state index in [0.717, 1.165) is 9.88 Å². The SMILES string of the molecule is CC(C)(C)S(=O)(=O)CCNC(=O)c1csc(-c2ccc(Cl)s2)n1. The second kappa shape index (κ2) is 6.88. The standard InChI is InChI=1S/C14H17ClN2O3S3/c1-14(2,3)23(19,20)7-6-16-12(18)9-8-21-13(17-9)10-4-5-11(15)22-10/h4-5,8H,6-7H2,1-3H3,(H,16,18). The molecule has 0 saturated carbocycles. The van der Waals surface area contributed by atoms with Gasteiger partial charge in [0, 0.05) is 11.9 Å². The number of thiazole rings is 1. The number of aromatic nitrogens is 1. The third-order valence-corrected chi connectivity index (χ3v) is 7.96. The molecular weight excluding hydrogens is 376 g/mol. The summed E-state index contributed by atoms with van der Waals surface area (Å²) in [6, 6.07) is 3.63. The first-order chi connectivity index (χ1) is 10.6. The van der Waals surface area contributed by atoms with Crippen LogP contribution in [0.25, 0.3) is 9.88 Å². The van der Waals surface area contributed by atoms with Crippen LogP contribution >= 0.6 is 34.3 Å². The van der Waals surface area contributed by atoms with Crippen molar-refractivity contribution in [1.82, 2.24) is 10.3 Å². The van der Waals surface area contributed by atoms with E-state index in [2.05, 4.69) is 10.3 Å². The van der Waals surface area contributed by atoms with Crippen LogP contribution < -0.4 is 5.32 Å². The number of amides is 1. The van der Waals surface area contributed by atoms with Gasteiger partial charge >= 0.3 is 0 Å². The molecule has 0 aliphatic heterocycles. The van der Waals surface area contributed by atoms with Crippen molar-refractivity contribution < 1.29 is 13.2 Å². The van der Waals surface area contributed by atoms with Crippen LogP contribution in [0.2, 0.25) is 4.34 Å². The lowest BCUT2D eigenvalue weighted by molar-refractivity contribution is 0.0952. The number of rotatable bonds is 5. The average Bonchev–Trinajstić information content (AvgIpc) is 3.05. The molecular formula is C14H17ClN2O3S3. The van der Waals surface area contributed by atoms with E-state index in [1.807, 2.05) is 6.07 Å². The Balaban J connectivity index is 1.96. The molecule has 23 heavy (non-hydrogen) atoms. The van der Waals surface area contributed by atoms with Gasteiger partial charge in [-0.25, -0.2) is 13.4 Å². The van der Waals surface area contributed by atoms with Crippen LogP contribution in [0.1, 0.15) is 31.3 Å². The van der Waals surface area contributed by atoms with Gasteiger partial charge < -0.3 is 5.32 Å². The smallest absolute Gasteiger partial charge is 0.270 e. The minimum atomic E-state index is -3.26. The average molecular weight is 393 g/mol. The molecule has 0 bridgehead atoms. The van der Waals surface area contributed by atoms with Crippen molar-refractivity contribution in [3.8, 4) is 9.88 Å². The van der Waals surface area contributed by atoms with Gasteiger partial charge in [-0.1, -0.05) is 11.6 Å². The Bertz CT molecular complexity index is 803. The molecule has 0 saturated heterocycles. The van der Waals surface area contributed by atoms with Crippen molar-refractivity contribution in [2.24, 2.45) is 0 Å². The summed E-state index contributed by atoms with van der Waals surface area (Å²) in [5.41, 5.74) is 0.280. The quantitative estimate of drug-likeness (QED) is 0.845. The van der Waals surface area contributed by atoms with E-state index in [0.29, 0.717) is 4.34 Å². The van der Waals surface area contributed by atoms with Crippen molar-refractivity contribution in [3.63, 3.8) is 0 Å². The molecule has 1 amide bonds. The van der Waals surface area contributed by atoms with Gasteiger partial charge in [0.2, 0.25) is 0 Å². The lowest BCUT2D eigenvalue weighted by Gasteiger charge is -2.18. The van der Waals surface area contributed by atoms with Gasteiger partial charge in [0.15, 0.2) is 9.84 Å². The number of hydrogen-bond acceptors (Lipinski definition) is 6. The summed E-state index contributed by atoms with van der Waals surface area (Å²) in [6.07, 6.45) is 0. The molecule has 1 N–H and O–H groups in total. The van der Waals surface area contributed by atoms with Crippen LogP contribution in [-0.4, -0.2) is 36.4 Å². The fourth-order valence-electron chi connectivity index (χ4n) is 1.62. The third-order valence-electron chi connectivity index (χ3n) is 3.11. The van der Waals surface area contributed by atoms with Crippen molar-refractivity contribution in [2.45, 2.75) is 25.5 Å². The molecule has 2 rings (SSSR count). The number of hydrogen-bond donors (Lipinski definition) is 1.